The van der Waals surface area contributed by atoms with Gasteiger partial charge in [-0.05, 0) is 51.2 Å². The van der Waals surface area contributed by atoms with E-state index in [9.17, 15) is 4.79 Å². The summed E-state index contributed by atoms with van der Waals surface area (Å²) in [5.74, 6) is 2.47. The molecule has 1 fully saturated rings. The van der Waals surface area contributed by atoms with Crippen molar-refractivity contribution in [3.8, 4) is 0 Å². The van der Waals surface area contributed by atoms with Crippen LogP contribution in [0.2, 0.25) is 0 Å². The number of anilines is 1. The molecule has 0 unspecified atom stereocenters. The third-order valence-corrected chi connectivity index (χ3v) is 5.09. The van der Waals surface area contributed by atoms with E-state index < -0.39 is 0 Å². The lowest BCUT2D eigenvalue weighted by Crippen LogP contribution is -2.33. The molecule has 8 heteroatoms. The van der Waals surface area contributed by atoms with Gasteiger partial charge in [0.05, 0.1) is 6.10 Å². The molecule has 0 aromatic carbocycles. The van der Waals surface area contributed by atoms with Crippen LogP contribution in [0.3, 0.4) is 0 Å². The number of amides is 1. The number of nitrogens with zero attached hydrogens (tertiary/aromatic N) is 5. The van der Waals surface area contributed by atoms with Crippen LogP contribution in [-0.2, 0) is 16.0 Å². The summed E-state index contributed by atoms with van der Waals surface area (Å²) in [5.41, 5.74) is 0.718. The van der Waals surface area contributed by atoms with Crippen LogP contribution in [0.5, 0.6) is 0 Å². The molecule has 3 heterocycles. The van der Waals surface area contributed by atoms with E-state index in [0.717, 1.165) is 42.7 Å². The molecule has 1 amide bonds. The molecule has 0 saturated carbocycles. The second-order valence-corrected chi connectivity index (χ2v) is 7.87. The third kappa shape index (κ3) is 5.64. The van der Waals surface area contributed by atoms with Crippen molar-refractivity contribution < 1.29 is 9.53 Å². The highest BCUT2D eigenvalue weighted by atomic mass is 16.5. The lowest BCUT2D eigenvalue weighted by molar-refractivity contribution is -0.121. The normalized spacial score (nSPS) is 15.5. The molecule has 8 nitrogen and oxygen atoms in total. The van der Waals surface area contributed by atoms with Gasteiger partial charge in [0.1, 0.15) is 5.82 Å². The molecular weight excluding hydrogens is 356 g/mol. The molecule has 154 valence electrons. The first-order valence-corrected chi connectivity index (χ1v) is 10.4. The van der Waals surface area contributed by atoms with E-state index in [-0.39, 0.29) is 12.0 Å². The molecule has 1 aliphatic rings. The van der Waals surface area contributed by atoms with Gasteiger partial charge in [0.25, 0.3) is 0 Å². The maximum Gasteiger partial charge on any atom is 0.220 e. The van der Waals surface area contributed by atoms with Gasteiger partial charge >= 0.3 is 0 Å². The zero-order valence-corrected chi connectivity index (χ0v) is 17.2. The van der Waals surface area contributed by atoms with Crippen molar-refractivity contribution in [3.05, 3.63) is 18.0 Å². The summed E-state index contributed by atoms with van der Waals surface area (Å²) in [6, 6.07) is 3.96. The molecule has 1 aliphatic heterocycles. The minimum absolute atomic E-state index is 0.0162. The van der Waals surface area contributed by atoms with E-state index >= 15 is 0 Å². The van der Waals surface area contributed by atoms with E-state index in [1.54, 1.807) is 4.52 Å². The molecular formula is C20H32N6O2. The van der Waals surface area contributed by atoms with Gasteiger partial charge in [-0.2, -0.15) is 4.52 Å². The number of rotatable bonds is 9. The quantitative estimate of drug-likeness (QED) is 0.663. The number of hydrogen-bond donors (Lipinski definition) is 1. The summed E-state index contributed by atoms with van der Waals surface area (Å²) >= 11 is 0. The van der Waals surface area contributed by atoms with Gasteiger partial charge in [-0.1, -0.05) is 6.92 Å². The number of carbonyl (C=O) groups is 1. The number of ether oxygens (including phenoxy) is 1. The lowest BCUT2D eigenvalue weighted by atomic mass is 9.99. The summed E-state index contributed by atoms with van der Waals surface area (Å²) in [7, 11) is 0. The highest BCUT2D eigenvalue weighted by Crippen LogP contribution is 2.21. The molecule has 1 N–H and O–H groups in total. The summed E-state index contributed by atoms with van der Waals surface area (Å²) in [5, 5.41) is 16.1. The second kappa shape index (κ2) is 9.82. The zero-order valence-electron chi connectivity index (χ0n) is 17.2. The summed E-state index contributed by atoms with van der Waals surface area (Å²) in [4.78, 5) is 14.4. The van der Waals surface area contributed by atoms with Gasteiger partial charge in [-0.25, -0.2) is 0 Å². The third-order valence-electron chi connectivity index (χ3n) is 5.09. The predicted octanol–water partition coefficient (Wildman–Crippen LogP) is 2.22. The van der Waals surface area contributed by atoms with Gasteiger partial charge < -0.3 is 15.0 Å². The highest BCUT2D eigenvalue weighted by molar-refractivity contribution is 5.76. The molecule has 2 aromatic heterocycles. The molecule has 28 heavy (non-hydrogen) atoms. The fourth-order valence-corrected chi connectivity index (χ4v) is 3.32. The van der Waals surface area contributed by atoms with Gasteiger partial charge in [0.2, 0.25) is 5.91 Å². The first-order valence-electron chi connectivity index (χ1n) is 10.4. The maximum atomic E-state index is 12.1. The van der Waals surface area contributed by atoms with Crippen LogP contribution in [0.4, 0.5) is 5.82 Å². The second-order valence-electron chi connectivity index (χ2n) is 7.87. The molecule has 0 radical (unpaired) electrons. The Hall–Kier alpha value is -2.22. The van der Waals surface area contributed by atoms with Crippen LogP contribution < -0.4 is 10.2 Å². The molecule has 0 bridgehead atoms. The van der Waals surface area contributed by atoms with Crippen LogP contribution in [0.15, 0.2) is 12.1 Å². The summed E-state index contributed by atoms with van der Waals surface area (Å²) in [6.07, 6.45) is 4.32. The van der Waals surface area contributed by atoms with Crippen molar-refractivity contribution >= 4 is 17.4 Å². The summed E-state index contributed by atoms with van der Waals surface area (Å²) in [6.45, 7) is 9.66. The predicted molar refractivity (Wildman–Crippen MR) is 108 cm³/mol. The topological polar surface area (TPSA) is 84.7 Å². The average molecular weight is 389 g/mol. The van der Waals surface area contributed by atoms with Gasteiger partial charge in [-0.15, -0.1) is 15.3 Å². The maximum absolute atomic E-state index is 12.1. The first kappa shape index (κ1) is 20.5. The Morgan fingerprint density at radius 2 is 2.07 bits per heavy atom. The van der Waals surface area contributed by atoms with E-state index in [2.05, 4.69) is 27.3 Å². The molecule has 1 saturated heterocycles. The van der Waals surface area contributed by atoms with Crippen LogP contribution >= 0.6 is 0 Å². The number of aromatic nitrogens is 4. The average Bonchev–Trinajstić information content (AvgIpc) is 3.08. The van der Waals surface area contributed by atoms with E-state index in [1.807, 2.05) is 26.0 Å². The van der Waals surface area contributed by atoms with Gasteiger partial charge in [-0.3, -0.25) is 4.79 Å². The molecule has 0 aliphatic carbocycles. The van der Waals surface area contributed by atoms with Crippen molar-refractivity contribution in [2.24, 2.45) is 5.92 Å². The fourth-order valence-electron chi connectivity index (χ4n) is 3.32. The van der Waals surface area contributed by atoms with Crippen molar-refractivity contribution in [2.75, 3.05) is 31.1 Å². The Kier molecular flexibility index (Phi) is 7.19. The lowest BCUT2D eigenvalue weighted by Gasteiger charge is -2.30. The number of fused-ring (bicyclic) bond motifs is 1. The number of nitrogens with one attached hydrogen (secondary N) is 1. The van der Waals surface area contributed by atoms with Crippen LogP contribution in [0, 0.1) is 5.92 Å². The van der Waals surface area contributed by atoms with Crippen LogP contribution in [-0.4, -0.2) is 58.1 Å². The van der Waals surface area contributed by atoms with E-state index in [4.69, 9.17) is 9.84 Å². The molecule has 0 spiro atoms. The van der Waals surface area contributed by atoms with E-state index in [0.29, 0.717) is 26.0 Å². The minimum Gasteiger partial charge on any atom is -0.379 e. The first-order chi connectivity index (χ1) is 13.5. The van der Waals surface area contributed by atoms with Gasteiger partial charge in [0, 0.05) is 39.1 Å². The minimum atomic E-state index is 0.0162. The zero-order chi connectivity index (χ0) is 19.9. The Labute approximate surface area is 166 Å². The van der Waals surface area contributed by atoms with Gasteiger partial charge in [0.15, 0.2) is 11.5 Å². The largest absolute Gasteiger partial charge is 0.379 e. The molecule has 2 aromatic rings. The number of piperidine rings is 1. The Balaban J connectivity index is 1.52. The van der Waals surface area contributed by atoms with Crippen molar-refractivity contribution in [3.63, 3.8) is 0 Å². The Morgan fingerprint density at radius 1 is 1.29 bits per heavy atom. The Bertz CT molecular complexity index is 767. The SMILES string of the molecule is CC1CCN(c2ccc3nnc(CCC(=O)NCCCOC(C)C)n3n2)CC1. The number of carbonyl (C=O) groups excluding carboxylic acids is 1. The smallest absolute Gasteiger partial charge is 0.220 e. The van der Waals surface area contributed by atoms with E-state index in [1.165, 1.54) is 12.8 Å². The number of aryl methyl sites for hydroxylation is 1. The highest BCUT2D eigenvalue weighted by Gasteiger charge is 2.18. The monoisotopic (exact) mass is 388 g/mol. The van der Waals surface area contributed by atoms with Crippen LogP contribution in [0.25, 0.3) is 5.65 Å². The number of hydrogen-bond acceptors (Lipinski definition) is 6. The van der Waals surface area contributed by atoms with Crippen molar-refractivity contribution in [1.82, 2.24) is 25.1 Å². The van der Waals surface area contributed by atoms with Crippen molar-refractivity contribution in [2.45, 2.75) is 59.0 Å². The summed E-state index contributed by atoms with van der Waals surface area (Å²) < 4.78 is 7.25. The van der Waals surface area contributed by atoms with Crippen LogP contribution in [0.1, 0.15) is 52.3 Å². The molecule has 3 rings (SSSR count). The standard InChI is InChI=1S/C20H32N6O2/c1-15(2)28-14-4-11-21-20(27)8-7-18-23-22-17-5-6-19(24-26(17)18)25-12-9-16(3)10-13-25/h5-6,15-16H,4,7-14H2,1-3H3,(H,21,27). The molecule has 0 atom stereocenters. The van der Waals surface area contributed by atoms with Crippen molar-refractivity contribution in [1.29, 1.82) is 0 Å². The fraction of sp³-hybridized carbons (Fsp3) is 0.700. The Morgan fingerprint density at radius 3 is 2.82 bits per heavy atom.